The summed E-state index contributed by atoms with van der Waals surface area (Å²) in [6, 6.07) is 6.54. The van der Waals surface area contributed by atoms with Gasteiger partial charge in [-0.15, -0.1) is 0 Å². The average molecular weight is 556 g/mol. The van der Waals surface area contributed by atoms with Crippen molar-refractivity contribution < 1.29 is 22.8 Å². The topological polar surface area (TPSA) is 86.3 Å². The molecule has 3 aromatic heterocycles. The van der Waals surface area contributed by atoms with Crippen LogP contribution in [-0.4, -0.2) is 38.6 Å². The van der Waals surface area contributed by atoms with E-state index in [0.717, 1.165) is 16.8 Å². The summed E-state index contributed by atoms with van der Waals surface area (Å²) in [7, 11) is 1.53. The molecule has 2 fully saturated rings. The molecule has 0 radical (unpaired) electrons. The van der Waals surface area contributed by atoms with Crippen molar-refractivity contribution in [2.24, 2.45) is 0 Å². The number of aryl methyl sites for hydroxylation is 2. The predicted molar refractivity (Wildman–Crippen MR) is 142 cm³/mol. The Bertz CT molecular complexity index is 1550. The number of pyridine rings is 1. The van der Waals surface area contributed by atoms with Crippen LogP contribution in [0.25, 0.3) is 22.3 Å². The van der Waals surface area contributed by atoms with Crippen LogP contribution in [0.4, 0.5) is 14.5 Å². The minimum atomic E-state index is -2.67. The first-order valence-corrected chi connectivity index (χ1v) is 13.4. The summed E-state index contributed by atoms with van der Waals surface area (Å²) in [5.74, 6) is -0.908. The van der Waals surface area contributed by atoms with E-state index in [0.29, 0.717) is 64.9 Å². The maximum Gasteiger partial charge on any atom is 0.248 e. The molecule has 11 heteroatoms. The lowest BCUT2D eigenvalue weighted by Crippen LogP contribution is -2.32. The van der Waals surface area contributed by atoms with Crippen LogP contribution in [0.15, 0.2) is 35.0 Å². The minimum Gasteiger partial charge on any atom is -0.495 e. The Kier molecular flexibility index (Phi) is 6.32. The van der Waals surface area contributed by atoms with E-state index >= 15 is 0 Å². The van der Waals surface area contributed by atoms with E-state index in [9.17, 15) is 13.6 Å². The van der Waals surface area contributed by atoms with E-state index in [2.05, 4.69) is 5.16 Å². The largest absolute Gasteiger partial charge is 0.495 e. The van der Waals surface area contributed by atoms with E-state index in [4.69, 9.17) is 30.8 Å². The number of alkyl halides is 2. The second kappa shape index (κ2) is 9.59. The van der Waals surface area contributed by atoms with Gasteiger partial charge in [-0.25, -0.2) is 18.7 Å². The second-order valence-electron chi connectivity index (χ2n) is 10.3. The molecule has 0 N–H and O–H groups in total. The van der Waals surface area contributed by atoms with Crippen LogP contribution in [-0.2, 0) is 4.79 Å². The van der Waals surface area contributed by atoms with Gasteiger partial charge in [-0.2, -0.15) is 0 Å². The molecule has 1 saturated heterocycles. The molecule has 1 aromatic carbocycles. The molecule has 0 spiro atoms. The molecular weight excluding hydrogens is 528 g/mol. The fourth-order valence-corrected chi connectivity index (χ4v) is 6.22. The lowest BCUT2D eigenvalue weighted by atomic mass is 9.91. The first kappa shape index (κ1) is 25.7. The molecule has 1 unspecified atom stereocenters. The maximum absolute atomic E-state index is 14.1. The Morgan fingerprint density at radius 2 is 1.92 bits per heavy atom. The number of anilines is 1. The molecule has 4 heterocycles. The molecule has 204 valence electrons. The van der Waals surface area contributed by atoms with Gasteiger partial charge in [0.05, 0.1) is 23.9 Å². The van der Waals surface area contributed by atoms with Gasteiger partial charge in [-0.3, -0.25) is 4.79 Å². The number of carbonyl (C=O) groups is 1. The summed E-state index contributed by atoms with van der Waals surface area (Å²) >= 11 is 6.41. The third-order valence-corrected chi connectivity index (χ3v) is 8.15. The van der Waals surface area contributed by atoms with Gasteiger partial charge < -0.3 is 18.7 Å². The minimum absolute atomic E-state index is 0.0561. The molecule has 1 aliphatic carbocycles. The Labute approximate surface area is 228 Å². The number of methoxy groups -OCH3 is 1. The average Bonchev–Trinajstić information content (AvgIpc) is 3.57. The third kappa shape index (κ3) is 4.44. The summed E-state index contributed by atoms with van der Waals surface area (Å²) in [5.41, 5.74) is 4.28. The fraction of sp³-hybridized carbons (Fsp3) is 0.429. The molecular formula is C28H28ClF2N5O3. The van der Waals surface area contributed by atoms with Crippen LogP contribution in [0.2, 0.25) is 5.02 Å². The summed E-state index contributed by atoms with van der Waals surface area (Å²) in [4.78, 5) is 24.7. The highest BCUT2D eigenvalue weighted by atomic mass is 35.5. The Hall–Kier alpha value is -3.53. The van der Waals surface area contributed by atoms with Crippen molar-refractivity contribution in [1.29, 1.82) is 0 Å². The highest BCUT2D eigenvalue weighted by Crippen LogP contribution is 2.45. The smallest absolute Gasteiger partial charge is 0.248 e. The maximum atomic E-state index is 14.1. The number of rotatable bonds is 5. The number of halogens is 3. The van der Waals surface area contributed by atoms with Crippen molar-refractivity contribution in [3.63, 3.8) is 0 Å². The highest BCUT2D eigenvalue weighted by molar-refractivity contribution is 6.32. The van der Waals surface area contributed by atoms with Crippen molar-refractivity contribution in [3.05, 3.63) is 52.8 Å². The highest BCUT2D eigenvalue weighted by Gasteiger charge is 2.41. The van der Waals surface area contributed by atoms with Crippen molar-refractivity contribution in [2.45, 2.75) is 70.4 Å². The van der Waals surface area contributed by atoms with Gasteiger partial charge in [0.1, 0.15) is 22.9 Å². The molecule has 1 atom stereocenters. The third-order valence-electron chi connectivity index (χ3n) is 7.85. The zero-order chi connectivity index (χ0) is 27.5. The summed E-state index contributed by atoms with van der Waals surface area (Å²) in [6.07, 6.45) is 2.81. The van der Waals surface area contributed by atoms with Gasteiger partial charge in [0.15, 0.2) is 5.65 Å². The molecule has 2 aliphatic rings. The predicted octanol–water partition coefficient (Wildman–Crippen LogP) is 6.98. The number of nitrogens with zero attached hydrogens (tertiary/aromatic N) is 5. The van der Waals surface area contributed by atoms with Gasteiger partial charge in [-0.1, -0.05) is 16.8 Å². The van der Waals surface area contributed by atoms with E-state index in [1.807, 2.05) is 24.5 Å². The number of hydrogen-bond donors (Lipinski definition) is 0. The zero-order valence-electron chi connectivity index (χ0n) is 21.9. The van der Waals surface area contributed by atoms with Gasteiger partial charge in [0.25, 0.3) is 0 Å². The summed E-state index contributed by atoms with van der Waals surface area (Å²) < 4.78 is 40.9. The molecule has 6 rings (SSSR count). The van der Waals surface area contributed by atoms with Crippen molar-refractivity contribution in [1.82, 2.24) is 19.7 Å². The monoisotopic (exact) mass is 555 g/mol. The van der Waals surface area contributed by atoms with Crippen LogP contribution < -0.4 is 9.64 Å². The lowest BCUT2D eigenvalue weighted by molar-refractivity contribution is -0.117. The van der Waals surface area contributed by atoms with E-state index in [1.165, 1.54) is 7.11 Å². The second-order valence-corrected chi connectivity index (χ2v) is 10.7. The molecule has 4 aromatic rings. The van der Waals surface area contributed by atoms with Crippen molar-refractivity contribution in [2.75, 3.05) is 12.0 Å². The van der Waals surface area contributed by atoms with E-state index < -0.39 is 12.0 Å². The van der Waals surface area contributed by atoms with Crippen molar-refractivity contribution in [3.8, 4) is 16.9 Å². The van der Waals surface area contributed by atoms with Gasteiger partial charge >= 0.3 is 0 Å². The standard InChI is InChI=1S/C28H28ClF2N5O3/c1-15-25(16(2)39-34-15)17-12-21-26(32-14-17)36(18-8-10-28(30,31)11-9-18)27(33-21)22-5-7-24(37)35(22)19-4-6-23(38-3)20(29)13-19/h4,6,12-14,18,22H,5,7-11H2,1-3H3. The number of benzene rings is 1. The zero-order valence-corrected chi connectivity index (χ0v) is 22.6. The summed E-state index contributed by atoms with van der Waals surface area (Å²) in [5, 5.41) is 4.44. The first-order valence-electron chi connectivity index (χ1n) is 13.0. The quantitative estimate of drug-likeness (QED) is 0.264. The number of aromatic nitrogens is 4. The van der Waals surface area contributed by atoms with E-state index in [1.54, 1.807) is 29.3 Å². The van der Waals surface area contributed by atoms with Crippen LogP contribution in [0.1, 0.15) is 67.9 Å². The van der Waals surface area contributed by atoms with Crippen LogP contribution in [0, 0.1) is 13.8 Å². The number of fused-ring (bicyclic) bond motifs is 1. The van der Waals surface area contributed by atoms with Gasteiger partial charge in [0.2, 0.25) is 11.8 Å². The first-order chi connectivity index (χ1) is 18.7. The molecule has 1 aliphatic heterocycles. The molecule has 39 heavy (non-hydrogen) atoms. The lowest BCUT2D eigenvalue weighted by Gasteiger charge is -2.32. The number of amides is 1. The summed E-state index contributed by atoms with van der Waals surface area (Å²) in [6.45, 7) is 3.71. The van der Waals surface area contributed by atoms with Crippen LogP contribution >= 0.6 is 11.6 Å². The molecule has 1 amide bonds. The van der Waals surface area contributed by atoms with Gasteiger partial charge in [0, 0.05) is 48.3 Å². The Morgan fingerprint density at radius 1 is 1.15 bits per heavy atom. The van der Waals surface area contributed by atoms with Gasteiger partial charge in [-0.05, 0) is 57.4 Å². The number of imidazole rings is 1. The molecule has 8 nitrogen and oxygen atoms in total. The normalized spacial score (nSPS) is 19.8. The fourth-order valence-electron chi connectivity index (χ4n) is 5.97. The number of ether oxygens (including phenoxy) is 1. The van der Waals surface area contributed by atoms with E-state index in [-0.39, 0.29) is 24.8 Å². The molecule has 1 saturated carbocycles. The SMILES string of the molecule is COc1ccc(N2C(=O)CCC2c2nc3cc(-c4c(C)noc4C)cnc3n2C2CCC(F)(F)CC2)cc1Cl. The van der Waals surface area contributed by atoms with Crippen LogP contribution in [0.5, 0.6) is 5.75 Å². The van der Waals surface area contributed by atoms with Crippen LogP contribution in [0.3, 0.4) is 0 Å². The van der Waals surface area contributed by atoms with Crippen molar-refractivity contribution >= 4 is 34.4 Å². The Morgan fingerprint density at radius 3 is 2.59 bits per heavy atom. The number of hydrogen-bond acceptors (Lipinski definition) is 6. The Balaban J connectivity index is 1.49. The number of carbonyl (C=O) groups excluding carboxylic acids is 1. The molecule has 0 bridgehead atoms.